The van der Waals surface area contributed by atoms with Crippen molar-refractivity contribution in [1.82, 2.24) is 15.2 Å². The molecule has 3 fully saturated rings. The number of hydrogen-bond donors (Lipinski definition) is 1. The number of nitrogens with zero attached hydrogens (tertiary/aromatic N) is 2. The van der Waals surface area contributed by atoms with Crippen molar-refractivity contribution in [3.05, 3.63) is 40.9 Å². The molecule has 2 atom stereocenters. The Morgan fingerprint density at radius 1 is 1.25 bits per heavy atom. The molecule has 5 rings (SSSR count). The van der Waals surface area contributed by atoms with Crippen LogP contribution in [-0.2, 0) is 0 Å². The maximum Gasteiger partial charge on any atom is 0.263 e. The first-order chi connectivity index (χ1) is 11.6. The molecule has 2 bridgehead atoms. The number of rotatable bonds is 3. The lowest BCUT2D eigenvalue weighted by Crippen LogP contribution is -2.62. The molecule has 2 aromatic rings. The van der Waals surface area contributed by atoms with E-state index in [9.17, 15) is 4.79 Å². The average molecular weight is 341 g/mol. The monoisotopic (exact) mass is 341 g/mol. The molecule has 1 aromatic carbocycles. The Morgan fingerprint density at radius 2 is 1.96 bits per heavy atom. The number of thiazole rings is 1. The van der Waals surface area contributed by atoms with Gasteiger partial charge in [-0.25, -0.2) is 4.98 Å². The van der Waals surface area contributed by atoms with Gasteiger partial charge in [0.1, 0.15) is 9.88 Å². The van der Waals surface area contributed by atoms with E-state index in [0.717, 1.165) is 21.1 Å². The summed E-state index contributed by atoms with van der Waals surface area (Å²) in [6, 6.07) is 10.8. The van der Waals surface area contributed by atoms with E-state index in [2.05, 4.69) is 22.1 Å². The lowest BCUT2D eigenvalue weighted by molar-refractivity contribution is 0.0218. The van der Waals surface area contributed by atoms with Gasteiger partial charge in [-0.3, -0.25) is 9.69 Å². The summed E-state index contributed by atoms with van der Waals surface area (Å²) in [7, 11) is 0. The van der Waals surface area contributed by atoms with E-state index in [-0.39, 0.29) is 11.9 Å². The zero-order valence-corrected chi connectivity index (χ0v) is 15.0. The van der Waals surface area contributed by atoms with Crippen molar-refractivity contribution in [3.63, 3.8) is 0 Å². The molecule has 5 heteroatoms. The van der Waals surface area contributed by atoms with Gasteiger partial charge in [-0.15, -0.1) is 11.3 Å². The molecule has 0 saturated carbocycles. The van der Waals surface area contributed by atoms with Crippen molar-refractivity contribution in [3.8, 4) is 10.6 Å². The minimum Gasteiger partial charge on any atom is -0.347 e. The van der Waals surface area contributed by atoms with Crippen molar-refractivity contribution in [2.45, 2.75) is 38.8 Å². The number of fused-ring (bicyclic) bond motifs is 3. The smallest absolute Gasteiger partial charge is 0.263 e. The summed E-state index contributed by atoms with van der Waals surface area (Å²) in [5.74, 6) is 0.661. The second kappa shape index (κ2) is 6.30. The van der Waals surface area contributed by atoms with Gasteiger partial charge in [-0.1, -0.05) is 30.3 Å². The molecule has 0 radical (unpaired) electrons. The van der Waals surface area contributed by atoms with Gasteiger partial charge in [-0.05, 0) is 45.7 Å². The van der Waals surface area contributed by atoms with Crippen molar-refractivity contribution in [1.29, 1.82) is 0 Å². The molecule has 2 unspecified atom stereocenters. The quantitative estimate of drug-likeness (QED) is 0.931. The van der Waals surface area contributed by atoms with Crippen LogP contribution in [0.4, 0.5) is 0 Å². The number of aromatic nitrogens is 1. The summed E-state index contributed by atoms with van der Waals surface area (Å²) in [4.78, 5) is 20.7. The zero-order valence-electron chi connectivity index (χ0n) is 14.2. The second-order valence-electron chi connectivity index (χ2n) is 6.91. The molecule has 0 aliphatic carbocycles. The van der Waals surface area contributed by atoms with Crippen molar-refractivity contribution in [2.75, 3.05) is 13.1 Å². The highest BCUT2D eigenvalue weighted by molar-refractivity contribution is 7.17. The third kappa shape index (κ3) is 2.76. The Bertz CT molecular complexity index is 732. The third-order valence-electron chi connectivity index (χ3n) is 5.50. The van der Waals surface area contributed by atoms with Crippen LogP contribution >= 0.6 is 11.3 Å². The minimum absolute atomic E-state index is 0.0396. The van der Waals surface area contributed by atoms with E-state index in [1.165, 1.54) is 37.3 Å². The molecule has 3 saturated heterocycles. The predicted octanol–water partition coefficient (Wildman–Crippen LogP) is 3.33. The Kier molecular flexibility index (Phi) is 4.14. The van der Waals surface area contributed by atoms with E-state index in [1.54, 1.807) is 0 Å². The number of aryl methyl sites for hydroxylation is 1. The number of amides is 1. The van der Waals surface area contributed by atoms with E-state index >= 15 is 0 Å². The summed E-state index contributed by atoms with van der Waals surface area (Å²) in [6.07, 6.45) is 2.40. The minimum atomic E-state index is 0.0396. The fraction of sp³-hybridized carbons (Fsp3) is 0.474. The molecule has 126 valence electrons. The maximum atomic E-state index is 12.8. The maximum absolute atomic E-state index is 12.8. The van der Waals surface area contributed by atoms with E-state index < -0.39 is 0 Å². The van der Waals surface area contributed by atoms with Crippen LogP contribution < -0.4 is 5.32 Å². The molecule has 24 heavy (non-hydrogen) atoms. The van der Waals surface area contributed by atoms with Gasteiger partial charge in [0.25, 0.3) is 5.91 Å². The number of nitrogens with one attached hydrogen (secondary N) is 1. The molecule has 0 spiro atoms. The standard InChI is InChI=1S/C19H23N3OS/c1-12-17(24-19(20-12)15-6-4-3-5-7-15)18(23)21-16-13(2)22-10-8-14(16)9-11-22/h3-7,13-14,16H,8-11H2,1-2H3,(H,21,23). The normalized spacial score (nSPS) is 28.8. The molecule has 4 nitrogen and oxygen atoms in total. The van der Waals surface area contributed by atoms with E-state index in [0.29, 0.717) is 12.0 Å². The van der Waals surface area contributed by atoms with Crippen molar-refractivity contribution in [2.24, 2.45) is 5.92 Å². The summed E-state index contributed by atoms with van der Waals surface area (Å²) >= 11 is 1.49. The topological polar surface area (TPSA) is 45.2 Å². The highest BCUT2D eigenvalue weighted by atomic mass is 32.1. The lowest BCUT2D eigenvalue weighted by Gasteiger charge is -2.49. The largest absolute Gasteiger partial charge is 0.347 e. The van der Waals surface area contributed by atoms with Crippen LogP contribution in [0.5, 0.6) is 0 Å². The molecule has 1 aromatic heterocycles. The van der Waals surface area contributed by atoms with Gasteiger partial charge in [0.05, 0.1) is 5.69 Å². The van der Waals surface area contributed by atoms with Crippen molar-refractivity contribution < 1.29 is 4.79 Å². The first-order valence-electron chi connectivity index (χ1n) is 8.71. The highest BCUT2D eigenvalue weighted by Gasteiger charge is 2.40. The first-order valence-corrected chi connectivity index (χ1v) is 9.53. The Morgan fingerprint density at radius 3 is 2.62 bits per heavy atom. The molecular weight excluding hydrogens is 318 g/mol. The molecule has 4 heterocycles. The van der Waals surface area contributed by atoms with Crippen LogP contribution in [0.1, 0.15) is 35.1 Å². The summed E-state index contributed by atoms with van der Waals surface area (Å²) in [5.41, 5.74) is 1.89. The summed E-state index contributed by atoms with van der Waals surface area (Å²) in [5, 5.41) is 4.23. The fourth-order valence-corrected chi connectivity index (χ4v) is 5.05. The van der Waals surface area contributed by atoms with E-state index in [1.807, 2.05) is 37.3 Å². The van der Waals surface area contributed by atoms with Crippen LogP contribution in [-0.4, -0.2) is 41.0 Å². The zero-order chi connectivity index (χ0) is 16.7. The van der Waals surface area contributed by atoms with Gasteiger partial charge in [-0.2, -0.15) is 0 Å². The SMILES string of the molecule is Cc1nc(-c2ccccc2)sc1C(=O)NC1C2CCN(CC2)C1C. The number of piperidine rings is 3. The molecule has 3 aliphatic rings. The fourth-order valence-electron chi connectivity index (χ4n) is 4.07. The van der Waals surface area contributed by atoms with Crippen LogP contribution in [0.25, 0.3) is 10.6 Å². The second-order valence-corrected chi connectivity index (χ2v) is 7.91. The number of hydrogen-bond acceptors (Lipinski definition) is 4. The predicted molar refractivity (Wildman–Crippen MR) is 97.3 cm³/mol. The van der Waals surface area contributed by atoms with E-state index in [4.69, 9.17) is 0 Å². The number of carbonyl (C=O) groups excluding carboxylic acids is 1. The van der Waals surface area contributed by atoms with Gasteiger partial charge >= 0.3 is 0 Å². The first kappa shape index (κ1) is 15.8. The average Bonchev–Trinajstić information content (AvgIpc) is 3.01. The number of benzene rings is 1. The lowest BCUT2D eigenvalue weighted by atomic mass is 9.79. The van der Waals surface area contributed by atoms with Crippen molar-refractivity contribution >= 4 is 17.2 Å². The number of carbonyl (C=O) groups is 1. The van der Waals surface area contributed by atoms with Gasteiger partial charge < -0.3 is 5.32 Å². The van der Waals surface area contributed by atoms with Crippen LogP contribution in [0.3, 0.4) is 0 Å². The molecular formula is C19H23N3OS. The molecule has 1 N–H and O–H groups in total. The van der Waals surface area contributed by atoms with Gasteiger partial charge in [0.15, 0.2) is 0 Å². The summed E-state index contributed by atoms with van der Waals surface area (Å²) < 4.78 is 0. The Labute approximate surface area is 146 Å². The molecule has 1 amide bonds. The third-order valence-corrected chi connectivity index (χ3v) is 6.70. The Hall–Kier alpha value is -1.72. The van der Waals surface area contributed by atoms with Crippen LogP contribution in [0.2, 0.25) is 0 Å². The van der Waals surface area contributed by atoms with Crippen LogP contribution in [0.15, 0.2) is 30.3 Å². The van der Waals surface area contributed by atoms with Gasteiger partial charge in [0, 0.05) is 17.6 Å². The van der Waals surface area contributed by atoms with Gasteiger partial charge in [0.2, 0.25) is 0 Å². The Balaban J connectivity index is 1.54. The highest BCUT2D eigenvalue weighted by Crippen LogP contribution is 2.33. The van der Waals surface area contributed by atoms with Crippen LogP contribution in [0, 0.1) is 12.8 Å². The molecule has 3 aliphatic heterocycles. The summed E-state index contributed by atoms with van der Waals surface area (Å²) in [6.45, 7) is 6.52.